The zero-order valence-corrected chi connectivity index (χ0v) is 36.7. The van der Waals surface area contributed by atoms with Gasteiger partial charge in [0.15, 0.2) is 0 Å². The van der Waals surface area contributed by atoms with Gasteiger partial charge in [0.25, 0.3) is 0 Å². The number of hydrogen-bond donors (Lipinski definition) is 0. The maximum Gasteiger partial charge on any atom is 0.0558 e. The Kier molecular flexibility index (Phi) is 132. The molecule has 0 aromatic carbocycles. The summed E-state index contributed by atoms with van der Waals surface area (Å²) in [6.45, 7) is 23.8. The number of pyridine rings is 2. The number of hydrogen-bond acceptors (Lipinski definition) is 6. The summed E-state index contributed by atoms with van der Waals surface area (Å²) in [4.78, 5) is 23.4. The quantitative estimate of drug-likeness (QED) is 0.129. The second-order valence-corrected chi connectivity index (χ2v) is 5.64. The van der Waals surface area contributed by atoms with Crippen molar-refractivity contribution in [1.29, 1.82) is 0 Å². The van der Waals surface area contributed by atoms with Gasteiger partial charge in [0.1, 0.15) is 0 Å². The third-order valence-corrected chi connectivity index (χ3v) is 2.95. The van der Waals surface area contributed by atoms with Crippen LogP contribution < -0.4 is 0 Å². The summed E-state index contributed by atoms with van der Waals surface area (Å²) < 4.78 is 0. The normalized spacial score (nSPS) is 6.09. The molecule has 0 aliphatic carbocycles. The largest absolute Gasteiger partial charge is 0.358 e. The van der Waals surface area contributed by atoms with Gasteiger partial charge in [-0.25, -0.2) is 0 Å². The van der Waals surface area contributed by atoms with E-state index in [9.17, 15) is 0 Å². The Morgan fingerprint density at radius 2 is 0.614 bits per heavy atom. The molecule has 4 radical (unpaired) electrons. The first-order chi connectivity index (χ1) is 17.6. The zero-order chi connectivity index (χ0) is 28.5. The van der Waals surface area contributed by atoms with E-state index in [1.165, 1.54) is 0 Å². The first kappa shape index (κ1) is 78.9. The van der Waals surface area contributed by atoms with Crippen molar-refractivity contribution in [2.75, 3.05) is 0 Å². The molecule has 0 N–H and O–H groups in total. The van der Waals surface area contributed by atoms with Crippen LogP contribution in [0, 0.1) is 57.4 Å². The summed E-state index contributed by atoms with van der Waals surface area (Å²) in [6, 6.07) is 11.7. The summed E-state index contributed by atoms with van der Waals surface area (Å²) in [6.07, 6.45) is 13.5. The second-order valence-electron chi connectivity index (χ2n) is 5.64. The molecule has 0 bridgehead atoms. The van der Waals surface area contributed by atoms with Crippen molar-refractivity contribution < 1.29 is 77.9 Å². The Hall–Kier alpha value is -1.05. The number of rotatable bonds is 0. The van der Waals surface area contributed by atoms with E-state index in [-0.39, 0.29) is 108 Å². The van der Waals surface area contributed by atoms with Crippen molar-refractivity contribution in [1.82, 2.24) is 29.9 Å². The molecule has 0 fully saturated rings. The first-order valence-corrected chi connectivity index (χ1v) is 12.8. The Labute approximate surface area is 326 Å². The maximum atomic E-state index is 4.17. The minimum atomic E-state index is 0. The van der Waals surface area contributed by atoms with Crippen LogP contribution in [0.4, 0.5) is 0 Å². The Balaban J connectivity index is -0.0000000274. The van der Waals surface area contributed by atoms with Gasteiger partial charge < -0.3 is 29.7 Å². The minimum absolute atomic E-state index is 0. The Morgan fingerprint density at radius 3 is 0.750 bits per heavy atom. The molecule has 268 valence electrons. The molecule has 0 unspecified atom stereocenters. The predicted octanol–water partition coefficient (Wildman–Crippen LogP) is 10.2. The predicted molar refractivity (Wildman–Crippen MR) is 183 cm³/mol. The van der Waals surface area contributed by atoms with Crippen molar-refractivity contribution in [3.05, 3.63) is 138 Å². The average molecular weight is 967 g/mol. The molecule has 6 nitrogen and oxygen atoms in total. The molecule has 0 atom stereocenters. The summed E-state index contributed by atoms with van der Waals surface area (Å²) in [7, 11) is 0. The van der Waals surface area contributed by atoms with Crippen LogP contribution >= 0.6 is 0 Å². The molecule has 0 saturated carbocycles. The fourth-order valence-electron chi connectivity index (χ4n) is 1.83. The van der Waals surface area contributed by atoms with Gasteiger partial charge in [-0.15, -0.1) is 0 Å². The topological polar surface area (TPSA) is 77.3 Å². The third kappa shape index (κ3) is 68.2. The molecule has 4 heterocycles. The Morgan fingerprint density at radius 1 is 0.341 bits per heavy atom. The van der Waals surface area contributed by atoms with Crippen LogP contribution in [0.5, 0.6) is 0 Å². The van der Waals surface area contributed by atoms with Crippen LogP contribution in [0.1, 0.15) is 78.2 Å². The molecule has 0 aliphatic rings. The van der Waals surface area contributed by atoms with E-state index in [0.29, 0.717) is 0 Å². The van der Waals surface area contributed by atoms with E-state index >= 15 is 0 Å². The van der Waals surface area contributed by atoms with Gasteiger partial charge in [-0.3, -0.25) is 29.9 Å². The Bertz CT molecular complexity index is 730. The average Bonchev–Trinajstić information content (AvgIpc) is 2.96. The van der Waals surface area contributed by atoms with Gasteiger partial charge in [0.05, 0.1) is 11.4 Å². The zero-order valence-electron chi connectivity index (χ0n) is 30.1. The molecule has 4 aromatic heterocycles. The van der Waals surface area contributed by atoms with E-state index in [4.69, 9.17) is 0 Å². The van der Waals surface area contributed by atoms with Crippen LogP contribution in [0.2, 0.25) is 0 Å². The van der Waals surface area contributed by atoms with Gasteiger partial charge in [0.2, 0.25) is 0 Å². The van der Waals surface area contributed by atoms with Crippen LogP contribution in [0.15, 0.2) is 86.0 Å². The minimum Gasteiger partial charge on any atom is -0.358 e. The number of aromatic nitrogens is 6. The maximum absolute atomic E-state index is 4.17. The molecule has 0 amide bonds. The summed E-state index contributed by atoms with van der Waals surface area (Å²) in [5.74, 6) is 0. The van der Waals surface area contributed by atoms with Crippen LogP contribution in [0.25, 0.3) is 0 Å². The van der Waals surface area contributed by atoms with E-state index in [1.54, 1.807) is 49.6 Å². The summed E-state index contributed by atoms with van der Waals surface area (Å²) in [5.41, 5.74) is 4.13. The molecule has 4 aromatic rings. The summed E-state index contributed by atoms with van der Waals surface area (Å²) >= 11 is 0. The SMILES string of the molecule is CC.CC.CC.CC.Cc1cccc(C)n1.Cc1cncc(C)n1.[CH3-].[CH3-].[CH3-].[CH3-].[Rh].[Rh].[Rh].[Rh].c1ccncc1.c1cnccn1. The number of aryl methyl sites for hydroxylation is 4. The van der Waals surface area contributed by atoms with E-state index in [0.717, 1.165) is 22.8 Å². The van der Waals surface area contributed by atoms with Crippen molar-refractivity contribution in [3.63, 3.8) is 0 Å². The summed E-state index contributed by atoms with van der Waals surface area (Å²) in [5, 5.41) is 0. The monoisotopic (exact) mass is 966 g/mol. The molecule has 44 heavy (non-hydrogen) atoms. The third-order valence-electron chi connectivity index (χ3n) is 2.95. The van der Waals surface area contributed by atoms with Gasteiger partial charge in [-0.1, -0.05) is 67.5 Å². The fourth-order valence-corrected chi connectivity index (χ4v) is 1.83. The van der Waals surface area contributed by atoms with Crippen molar-refractivity contribution >= 4 is 0 Å². The smallest absolute Gasteiger partial charge is 0.0558 e. The van der Waals surface area contributed by atoms with E-state index in [1.807, 2.05) is 119 Å². The fraction of sp³-hybridized carbons (Fsp3) is 0.353. The standard InChI is InChI=1S/C7H9N.C6H8N2.C5H5N.C4H4N2.4C2H6.4CH3.4Rh/c1-6-4-3-5-7(2)8-6;1-5-3-7-4-6(2)8-5;1-2-4-6-5-3-1;1-2-6-4-3-5-1;4*1-2;;;;;;;;/h3-5H,1-2H3;3-4H,1-2H3;1-5H;1-4H;4*1-2H3;4*1H3;;;;/q;;;;;;;;4*-1;;;;. The molecular formula is C34H62N6Rh4-4. The van der Waals surface area contributed by atoms with Crippen LogP contribution in [-0.2, 0) is 77.9 Å². The van der Waals surface area contributed by atoms with Crippen LogP contribution in [0.3, 0.4) is 0 Å². The molecule has 10 heteroatoms. The van der Waals surface area contributed by atoms with E-state index < -0.39 is 0 Å². The van der Waals surface area contributed by atoms with Gasteiger partial charge >= 0.3 is 0 Å². The molecule has 0 saturated heterocycles. The van der Waals surface area contributed by atoms with E-state index in [2.05, 4.69) is 29.9 Å². The van der Waals surface area contributed by atoms with Gasteiger partial charge in [0, 0.05) is 139 Å². The van der Waals surface area contributed by atoms with Gasteiger partial charge in [-0.05, 0) is 52.0 Å². The van der Waals surface area contributed by atoms with Crippen molar-refractivity contribution in [3.8, 4) is 0 Å². The molecular weight excluding hydrogens is 904 g/mol. The molecule has 4 rings (SSSR count). The molecule has 0 spiro atoms. The van der Waals surface area contributed by atoms with Gasteiger partial charge in [-0.2, -0.15) is 0 Å². The molecule has 0 aliphatic heterocycles. The van der Waals surface area contributed by atoms with Crippen molar-refractivity contribution in [2.45, 2.75) is 83.1 Å². The van der Waals surface area contributed by atoms with Crippen LogP contribution in [-0.4, -0.2) is 29.9 Å². The number of nitrogens with zero attached hydrogens (tertiary/aromatic N) is 6. The first-order valence-electron chi connectivity index (χ1n) is 12.8. The second kappa shape index (κ2) is 73.4. The van der Waals surface area contributed by atoms with Crippen molar-refractivity contribution in [2.24, 2.45) is 0 Å².